The minimum Gasteiger partial charge on any atom is -0.479 e. The molecule has 0 saturated heterocycles. The molecule has 2 nitrogen and oxygen atoms in total. The molecular weight excluding hydrogens is 214 g/mol. The number of rotatable bonds is 3. The van der Waals surface area contributed by atoms with Gasteiger partial charge in [-0.2, -0.15) is 0 Å². The maximum Gasteiger partial charge on any atom is 0.338 e. The van der Waals surface area contributed by atoms with E-state index in [4.69, 9.17) is 16.7 Å². The van der Waals surface area contributed by atoms with Crippen LogP contribution in [0.15, 0.2) is 18.2 Å². The standard InChI is InChI=1S/C9H7ClF2O2/c10-6-2-1-5(3-7(6)11)4-8(12)9(13)14/h1-3,8H,4H2,(H,13,14). The number of carbonyl (C=O) groups is 1. The van der Waals surface area contributed by atoms with Crippen LogP contribution in [0.4, 0.5) is 8.78 Å². The summed E-state index contributed by atoms with van der Waals surface area (Å²) in [6.45, 7) is 0. The summed E-state index contributed by atoms with van der Waals surface area (Å²) in [5, 5.41) is 8.20. The van der Waals surface area contributed by atoms with Crippen LogP contribution in [0, 0.1) is 5.82 Å². The molecule has 5 heteroatoms. The first kappa shape index (κ1) is 10.9. The summed E-state index contributed by atoms with van der Waals surface area (Å²) >= 11 is 5.39. The Bertz CT molecular complexity index is 355. The number of alkyl halides is 1. The lowest BCUT2D eigenvalue weighted by molar-refractivity contribution is -0.142. The second kappa shape index (κ2) is 4.37. The van der Waals surface area contributed by atoms with Crippen LogP contribution in [-0.4, -0.2) is 17.2 Å². The molecule has 1 N–H and O–H groups in total. The molecule has 0 radical (unpaired) electrons. The van der Waals surface area contributed by atoms with Crippen molar-refractivity contribution in [1.82, 2.24) is 0 Å². The van der Waals surface area contributed by atoms with Gasteiger partial charge in [-0.05, 0) is 17.7 Å². The highest BCUT2D eigenvalue weighted by Crippen LogP contribution is 2.17. The average Bonchev–Trinajstić information content (AvgIpc) is 2.11. The summed E-state index contributed by atoms with van der Waals surface area (Å²) in [6.07, 6.45) is -2.38. The minimum absolute atomic E-state index is 0.0699. The molecule has 0 aromatic heterocycles. The normalized spacial score (nSPS) is 12.5. The summed E-state index contributed by atoms with van der Waals surface area (Å²) in [5.74, 6) is -2.23. The van der Waals surface area contributed by atoms with Crippen molar-refractivity contribution in [3.05, 3.63) is 34.6 Å². The summed E-state index contributed by atoms with van der Waals surface area (Å²) in [5.41, 5.74) is 0.266. The van der Waals surface area contributed by atoms with Gasteiger partial charge in [-0.25, -0.2) is 13.6 Å². The topological polar surface area (TPSA) is 37.3 Å². The van der Waals surface area contributed by atoms with Crippen molar-refractivity contribution in [2.24, 2.45) is 0 Å². The van der Waals surface area contributed by atoms with Crippen LogP contribution in [0.3, 0.4) is 0 Å². The van der Waals surface area contributed by atoms with Gasteiger partial charge in [0.2, 0.25) is 6.17 Å². The minimum atomic E-state index is -2.02. The molecule has 1 rings (SSSR count). The van der Waals surface area contributed by atoms with E-state index in [2.05, 4.69) is 0 Å². The molecule has 0 heterocycles. The molecule has 0 amide bonds. The lowest BCUT2D eigenvalue weighted by Gasteiger charge is -2.03. The zero-order valence-electron chi connectivity index (χ0n) is 7.01. The van der Waals surface area contributed by atoms with Gasteiger partial charge in [-0.3, -0.25) is 0 Å². The third-order valence-corrected chi connectivity index (χ3v) is 1.97. The second-order valence-corrected chi connectivity index (χ2v) is 3.17. The molecule has 0 bridgehead atoms. The molecule has 0 aliphatic rings. The Morgan fingerprint density at radius 3 is 2.71 bits per heavy atom. The van der Waals surface area contributed by atoms with E-state index in [1.807, 2.05) is 0 Å². The van der Waals surface area contributed by atoms with Crippen LogP contribution in [0.2, 0.25) is 5.02 Å². The van der Waals surface area contributed by atoms with Crippen LogP contribution in [0.25, 0.3) is 0 Å². The van der Waals surface area contributed by atoms with Crippen molar-refractivity contribution in [2.75, 3.05) is 0 Å². The molecule has 0 aliphatic heterocycles. The van der Waals surface area contributed by atoms with E-state index in [0.717, 1.165) is 6.07 Å². The van der Waals surface area contributed by atoms with Gasteiger partial charge in [0.25, 0.3) is 0 Å². The number of aliphatic carboxylic acids is 1. The molecule has 76 valence electrons. The molecule has 0 saturated carbocycles. The van der Waals surface area contributed by atoms with Crippen molar-refractivity contribution in [3.8, 4) is 0 Å². The number of benzene rings is 1. The molecule has 1 aromatic rings. The van der Waals surface area contributed by atoms with Crippen LogP contribution >= 0.6 is 11.6 Å². The van der Waals surface area contributed by atoms with Crippen LogP contribution in [0.5, 0.6) is 0 Å². The van der Waals surface area contributed by atoms with Gasteiger partial charge in [0, 0.05) is 6.42 Å². The maximum absolute atomic E-state index is 12.8. The van der Waals surface area contributed by atoms with Crippen LogP contribution in [-0.2, 0) is 11.2 Å². The number of halogens is 3. The molecule has 0 fully saturated rings. The predicted octanol–water partition coefficient (Wildman–Crippen LogP) is 2.44. The monoisotopic (exact) mass is 220 g/mol. The Morgan fingerprint density at radius 1 is 1.57 bits per heavy atom. The Kier molecular flexibility index (Phi) is 3.41. The Morgan fingerprint density at radius 2 is 2.21 bits per heavy atom. The van der Waals surface area contributed by atoms with Gasteiger partial charge >= 0.3 is 5.97 Å². The van der Waals surface area contributed by atoms with Crippen LogP contribution < -0.4 is 0 Å². The Hall–Kier alpha value is -1.16. The molecule has 14 heavy (non-hydrogen) atoms. The second-order valence-electron chi connectivity index (χ2n) is 2.76. The molecule has 1 aromatic carbocycles. The molecule has 1 unspecified atom stereocenters. The molecular formula is C9H7ClF2O2. The van der Waals surface area contributed by atoms with E-state index in [0.29, 0.717) is 0 Å². The zero-order chi connectivity index (χ0) is 10.7. The first-order valence-corrected chi connectivity index (χ1v) is 4.19. The highest BCUT2D eigenvalue weighted by atomic mass is 35.5. The van der Waals surface area contributed by atoms with E-state index in [9.17, 15) is 13.6 Å². The summed E-state index contributed by atoms with van der Waals surface area (Å²) < 4.78 is 25.5. The quantitative estimate of drug-likeness (QED) is 0.850. The number of hydrogen-bond donors (Lipinski definition) is 1. The SMILES string of the molecule is O=C(O)C(F)Cc1ccc(Cl)c(F)c1. The maximum atomic E-state index is 12.8. The molecule has 1 atom stereocenters. The lowest BCUT2D eigenvalue weighted by Crippen LogP contribution is -2.17. The molecule has 0 spiro atoms. The first-order chi connectivity index (χ1) is 6.50. The fraction of sp³-hybridized carbons (Fsp3) is 0.222. The van der Waals surface area contributed by atoms with Crippen molar-refractivity contribution >= 4 is 17.6 Å². The van der Waals surface area contributed by atoms with Gasteiger partial charge in [-0.15, -0.1) is 0 Å². The Labute approximate surface area is 84.1 Å². The van der Waals surface area contributed by atoms with E-state index in [1.165, 1.54) is 12.1 Å². The Balaban J connectivity index is 2.78. The van der Waals surface area contributed by atoms with E-state index in [1.54, 1.807) is 0 Å². The van der Waals surface area contributed by atoms with Gasteiger partial charge in [0.05, 0.1) is 5.02 Å². The largest absolute Gasteiger partial charge is 0.479 e. The summed E-state index contributed by atoms with van der Waals surface area (Å²) in [7, 11) is 0. The van der Waals surface area contributed by atoms with Crippen LogP contribution in [0.1, 0.15) is 5.56 Å². The fourth-order valence-electron chi connectivity index (χ4n) is 0.961. The zero-order valence-corrected chi connectivity index (χ0v) is 7.76. The first-order valence-electron chi connectivity index (χ1n) is 3.81. The van der Waals surface area contributed by atoms with Gasteiger partial charge < -0.3 is 5.11 Å². The van der Waals surface area contributed by atoms with Gasteiger partial charge in [0.15, 0.2) is 0 Å². The van der Waals surface area contributed by atoms with Crippen molar-refractivity contribution in [2.45, 2.75) is 12.6 Å². The smallest absolute Gasteiger partial charge is 0.338 e. The number of hydrogen-bond acceptors (Lipinski definition) is 1. The predicted molar refractivity (Wildman–Crippen MR) is 47.6 cm³/mol. The third-order valence-electron chi connectivity index (χ3n) is 1.67. The van der Waals surface area contributed by atoms with Gasteiger partial charge in [0.1, 0.15) is 5.82 Å². The van der Waals surface area contributed by atoms with E-state index < -0.39 is 18.0 Å². The average molecular weight is 221 g/mol. The third kappa shape index (κ3) is 2.67. The van der Waals surface area contributed by atoms with E-state index in [-0.39, 0.29) is 17.0 Å². The van der Waals surface area contributed by atoms with Crippen molar-refractivity contribution in [1.29, 1.82) is 0 Å². The summed E-state index contributed by atoms with van der Waals surface area (Å²) in [4.78, 5) is 10.2. The van der Waals surface area contributed by atoms with Crippen molar-refractivity contribution < 1.29 is 18.7 Å². The number of carboxylic acid groups (broad SMARTS) is 1. The number of carboxylic acids is 1. The summed E-state index contributed by atoms with van der Waals surface area (Å²) in [6, 6.07) is 3.68. The van der Waals surface area contributed by atoms with Gasteiger partial charge in [-0.1, -0.05) is 17.7 Å². The highest BCUT2D eigenvalue weighted by molar-refractivity contribution is 6.30. The lowest BCUT2D eigenvalue weighted by atomic mass is 10.1. The van der Waals surface area contributed by atoms with Crippen molar-refractivity contribution in [3.63, 3.8) is 0 Å². The highest BCUT2D eigenvalue weighted by Gasteiger charge is 2.16. The molecule has 0 aliphatic carbocycles. The fourth-order valence-corrected chi connectivity index (χ4v) is 1.08. The van der Waals surface area contributed by atoms with E-state index >= 15 is 0 Å².